The summed E-state index contributed by atoms with van der Waals surface area (Å²) in [5.74, 6) is -0.126. The first-order chi connectivity index (χ1) is 11.4. The molecule has 128 valence electrons. The molecule has 2 aromatic rings. The molecule has 3 rings (SSSR count). The standard InChI is InChI=1S/C18H21ClN2O3/c1-11-5-7-18(8-6-11,17(23)24-2)21-16(22)15-9-12-3-4-13(19)10-14(12)20-15/h3-4,9-11,20H,5-8H2,1-2H3,(H,21,22). The van der Waals surface area contributed by atoms with Gasteiger partial charge in [-0.15, -0.1) is 0 Å². The minimum Gasteiger partial charge on any atom is -0.467 e. The molecule has 0 atom stereocenters. The molecular formula is C18H21ClN2O3. The van der Waals surface area contributed by atoms with E-state index in [1.54, 1.807) is 18.2 Å². The Bertz CT molecular complexity index is 776. The van der Waals surface area contributed by atoms with Crippen LogP contribution in [0.25, 0.3) is 10.9 Å². The average Bonchev–Trinajstić information content (AvgIpc) is 2.99. The molecular weight excluding hydrogens is 328 g/mol. The van der Waals surface area contributed by atoms with Crippen LogP contribution >= 0.6 is 11.6 Å². The number of hydrogen-bond acceptors (Lipinski definition) is 3. The molecule has 1 fully saturated rings. The lowest BCUT2D eigenvalue weighted by Gasteiger charge is -2.37. The van der Waals surface area contributed by atoms with Crippen molar-refractivity contribution in [2.75, 3.05) is 7.11 Å². The second kappa shape index (κ2) is 6.48. The Morgan fingerprint density at radius 3 is 2.67 bits per heavy atom. The lowest BCUT2D eigenvalue weighted by molar-refractivity contribution is -0.150. The molecule has 0 unspecified atom stereocenters. The monoisotopic (exact) mass is 348 g/mol. The number of halogens is 1. The number of fused-ring (bicyclic) bond motifs is 1. The van der Waals surface area contributed by atoms with E-state index in [4.69, 9.17) is 16.3 Å². The Hall–Kier alpha value is -2.01. The summed E-state index contributed by atoms with van der Waals surface area (Å²) in [7, 11) is 1.36. The highest BCUT2D eigenvalue weighted by Crippen LogP contribution is 2.33. The molecule has 1 aliphatic carbocycles. The highest BCUT2D eigenvalue weighted by molar-refractivity contribution is 6.31. The predicted molar refractivity (Wildman–Crippen MR) is 93.2 cm³/mol. The molecule has 2 N–H and O–H groups in total. The second-order valence-corrected chi connectivity index (χ2v) is 7.06. The van der Waals surface area contributed by atoms with E-state index in [-0.39, 0.29) is 11.9 Å². The van der Waals surface area contributed by atoms with Gasteiger partial charge in [-0.3, -0.25) is 4.79 Å². The number of nitrogens with one attached hydrogen (secondary N) is 2. The fourth-order valence-electron chi connectivity index (χ4n) is 3.34. The molecule has 0 bridgehead atoms. The number of hydrogen-bond donors (Lipinski definition) is 2. The third-order valence-corrected chi connectivity index (χ3v) is 5.12. The maximum absolute atomic E-state index is 12.7. The zero-order valence-corrected chi connectivity index (χ0v) is 14.6. The Morgan fingerprint density at radius 1 is 1.29 bits per heavy atom. The number of carbonyl (C=O) groups is 2. The van der Waals surface area contributed by atoms with Crippen LogP contribution in [0.5, 0.6) is 0 Å². The van der Waals surface area contributed by atoms with Crippen molar-refractivity contribution in [1.82, 2.24) is 10.3 Å². The molecule has 5 nitrogen and oxygen atoms in total. The first kappa shape index (κ1) is 16.8. The van der Waals surface area contributed by atoms with Crippen LogP contribution in [0.3, 0.4) is 0 Å². The first-order valence-electron chi connectivity index (χ1n) is 8.13. The van der Waals surface area contributed by atoms with Crippen molar-refractivity contribution in [3.8, 4) is 0 Å². The fraction of sp³-hybridized carbons (Fsp3) is 0.444. The van der Waals surface area contributed by atoms with Crippen LogP contribution in [-0.2, 0) is 9.53 Å². The number of ether oxygens (including phenoxy) is 1. The van der Waals surface area contributed by atoms with Crippen LogP contribution in [0.2, 0.25) is 5.02 Å². The number of methoxy groups -OCH3 is 1. The van der Waals surface area contributed by atoms with Crippen molar-refractivity contribution < 1.29 is 14.3 Å². The lowest BCUT2D eigenvalue weighted by atomic mass is 9.77. The summed E-state index contributed by atoms with van der Waals surface area (Å²) in [5.41, 5.74) is 0.263. The number of rotatable bonds is 3. The Kier molecular flexibility index (Phi) is 4.54. The molecule has 0 spiro atoms. The van der Waals surface area contributed by atoms with E-state index in [2.05, 4.69) is 17.2 Å². The van der Waals surface area contributed by atoms with Gasteiger partial charge in [-0.2, -0.15) is 0 Å². The maximum atomic E-state index is 12.7. The molecule has 0 saturated heterocycles. The topological polar surface area (TPSA) is 71.2 Å². The van der Waals surface area contributed by atoms with E-state index >= 15 is 0 Å². The van der Waals surface area contributed by atoms with E-state index in [1.165, 1.54) is 7.11 Å². The van der Waals surface area contributed by atoms with Crippen molar-refractivity contribution in [3.05, 3.63) is 35.0 Å². The summed E-state index contributed by atoms with van der Waals surface area (Å²) >= 11 is 5.98. The van der Waals surface area contributed by atoms with Crippen molar-refractivity contribution >= 4 is 34.4 Å². The normalized spacial score (nSPS) is 23.9. The number of aromatic amines is 1. The van der Waals surface area contributed by atoms with Crippen molar-refractivity contribution in [2.45, 2.75) is 38.1 Å². The second-order valence-electron chi connectivity index (χ2n) is 6.62. The number of aromatic nitrogens is 1. The van der Waals surface area contributed by atoms with E-state index in [0.29, 0.717) is 29.5 Å². The predicted octanol–water partition coefficient (Wildman–Crippen LogP) is 3.67. The van der Waals surface area contributed by atoms with Crippen LogP contribution in [0.1, 0.15) is 43.1 Å². The van der Waals surface area contributed by atoms with Crippen molar-refractivity contribution in [1.29, 1.82) is 0 Å². The SMILES string of the molecule is COC(=O)C1(NC(=O)c2cc3ccc(Cl)cc3[nH]2)CCC(C)CC1. The number of benzene rings is 1. The first-order valence-corrected chi connectivity index (χ1v) is 8.50. The smallest absolute Gasteiger partial charge is 0.331 e. The van der Waals surface area contributed by atoms with E-state index in [9.17, 15) is 9.59 Å². The largest absolute Gasteiger partial charge is 0.467 e. The maximum Gasteiger partial charge on any atom is 0.331 e. The zero-order valence-electron chi connectivity index (χ0n) is 13.8. The quantitative estimate of drug-likeness (QED) is 0.831. The van der Waals surface area contributed by atoms with Gasteiger partial charge in [-0.05, 0) is 49.8 Å². The molecule has 6 heteroatoms. The van der Waals surface area contributed by atoms with Crippen LogP contribution in [0.4, 0.5) is 0 Å². The van der Waals surface area contributed by atoms with Gasteiger partial charge in [0.25, 0.3) is 5.91 Å². The van der Waals surface area contributed by atoms with Gasteiger partial charge in [-0.25, -0.2) is 4.79 Å². The van der Waals surface area contributed by atoms with Crippen molar-refractivity contribution in [2.24, 2.45) is 5.92 Å². The van der Waals surface area contributed by atoms with Gasteiger partial charge < -0.3 is 15.0 Å². The van der Waals surface area contributed by atoms with Crippen LogP contribution in [0.15, 0.2) is 24.3 Å². The molecule has 1 aromatic heterocycles. The molecule has 1 saturated carbocycles. The fourth-order valence-corrected chi connectivity index (χ4v) is 3.51. The summed E-state index contributed by atoms with van der Waals surface area (Å²) in [4.78, 5) is 28.1. The van der Waals surface area contributed by atoms with Gasteiger partial charge >= 0.3 is 5.97 Å². The van der Waals surface area contributed by atoms with E-state index in [0.717, 1.165) is 23.7 Å². The summed E-state index contributed by atoms with van der Waals surface area (Å²) in [6, 6.07) is 7.16. The van der Waals surface area contributed by atoms with Gasteiger partial charge in [0.05, 0.1) is 7.11 Å². The molecule has 1 aromatic carbocycles. The molecule has 24 heavy (non-hydrogen) atoms. The highest BCUT2D eigenvalue weighted by Gasteiger charge is 2.43. The van der Waals surface area contributed by atoms with E-state index in [1.807, 2.05) is 6.07 Å². The Balaban J connectivity index is 1.85. The number of carbonyl (C=O) groups excluding carboxylic acids is 2. The van der Waals surface area contributed by atoms with Crippen LogP contribution in [0, 0.1) is 5.92 Å². The molecule has 0 aliphatic heterocycles. The van der Waals surface area contributed by atoms with Crippen LogP contribution < -0.4 is 5.32 Å². The summed E-state index contributed by atoms with van der Waals surface area (Å²) in [5, 5.41) is 4.42. The Labute approximate surface area is 145 Å². The van der Waals surface area contributed by atoms with Gasteiger partial charge in [-0.1, -0.05) is 24.6 Å². The lowest BCUT2D eigenvalue weighted by Crippen LogP contribution is -2.56. The highest BCUT2D eigenvalue weighted by atomic mass is 35.5. The molecule has 0 radical (unpaired) electrons. The molecule has 1 heterocycles. The van der Waals surface area contributed by atoms with Gasteiger partial charge in [0, 0.05) is 15.9 Å². The Morgan fingerprint density at radius 2 is 2.00 bits per heavy atom. The zero-order chi connectivity index (χ0) is 17.3. The van der Waals surface area contributed by atoms with Gasteiger partial charge in [0.1, 0.15) is 11.2 Å². The van der Waals surface area contributed by atoms with Gasteiger partial charge in [0.2, 0.25) is 0 Å². The minimum absolute atomic E-state index is 0.303. The minimum atomic E-state index is -0.937. The summed E-state index contributed by atoms with van der Waals surface area (Å²) in [6.07, 6.45) is 2.96. The third-order valence-electron chi connectivity index (χ3n) is 4.89. The summed E-state index contributed by atoms with van der Waals surface area (Å²) < 4.78 is 4.96. The third kappa shape index (κ3) is 3.13. The molecule has 1 amide bonds. The van der Waals surface area contributed by atoms with E-state index < -0.39 is 5.54 Å². The van der Waals surface area contributed by atoms with Crippen molar-refractivity contribution in [3.63, 3.8) is 0 Å². The average molecular weight is 349 g/mol. The number of amides is 1. The molecule has 1 aliphatic rings. The summed E-state index contributed by atoms with van der Waals surface area (Å²) in [6.45, 7) is 2.16. The van der Waals surface area contributed by atoms with Crippen LogP contribution in [-0.4, -0.2) is 29.5 Å². The number of H-pyrrole nitrogens is 1. The number of esters is 1. The van der Waals surface area contributed by atoms with Gasteiger partial charge in [0.15, 0.2) is 0 Å².